The smallest absolute Gasteiger partial charge is 0.311 e. The summed E-state index contributed by atoms with van der Waals surface area (Å²) < 4.78 is 11.5. The second-order valence-corrected chi connectivity index (χ2v) is 16.0. The lowest BCUT2D eigenvalue weighted by molar-refractivity contribution is -0.156. The fraction of sp³-hybridized carbons (Fsp3) is 0.952. The Morgan fingerprint density at radius 2 is 0.851 bits per heavy atom. The lowest BCUT2D eigenvalue weighted by atomic mass is 9.86. The third-order valence-electron chi connectivity index (χ3n) is 10.1. The van der Waals surface area contributed by atoms with Crippen LogP contribution in [0.15, 0.2) is 0 Å². The molecule has 0 heterocycles. The summed E-state index contributed by atoms with van der Waals surface area (Å²) in [5.41, 5.74) is -0.897. The lowest BCUT2D eigenvalue weighted by Crippen LogP contribution is -2.28. The normalized spacial score (nSPS) is 13.4. The highest BCUT2D eigenvalue weighted by molar-refractivity contribution is 5.76. The van der Waals surface area contributed by atoms with Crippen molar-refractivity contribution in [1.82, 2.24) is 0 Å². The Morgan fingerprint density at radius 3 is 1.36 bits per heavy atom. The van der Waals surface area contributed by atoms with Crippen molar-refractivity contribution in [2.24, 2.45) is 16.7 Å². The molecule has 5 heteroatoms. The lowest BCUT2D eigenvalue weighted by Gasteiger charge is -2.25. The van der Waals surface area contributed by atoms with Crippen LogP contribution < -0.4 is 0 Å². The maximum Gasteiger partial charge on any atom is 0.311 e. The Bertz CT molecular complexity index is 731. The standard InChI is InChI=1S/C42H82O5/c1-8-11-14-16-17-19-28-35-46-39(44)41(4,5)33-26-20-24-31-38(43)32-25-21-27-34-42(6,7)40(45)47-36-37(29-22-13-10-3)30-23-18-15-12-9-2/h37-38,43H,8-36H2,1-7H3. The summed E-state index contributed by atoms with van der Waals surface area (Å²) in [6, 6.07) is 0. The molecule has 280 valence electrons. The topological polar surface area (TPSA) is 72.8 Å². The van der Waals surface area contributed by atoms with Gasteiger partial charge in [0.1, 0.15) is 0 Å². The molecule has 1 N–H and O–H groups in total. The molecule has 0 fully saturated rings. The Hall–Kier alpha value is -1.10. The fourth-order valence-corrected chi connectivity index (χ4v) is 6.43. The molecule has 0 rings (SSSR count). The van der Waals surface area contributed by atoms with E-state index in [1.165, 1.54) is 96.3 Å². The third kappa shape index (κ3) is 26.4. The zero-order chi connectivity index (χ0) is 35.2. The zero-order valence-corrected chi connectivity index (χ0v) is 32.7. The number of ether oxygens (including phenoxy) is 2. The highest BCUT2D eigenvalue weighted by Crippen LogP contribution is 2.28. The van der Waals surface area contributed by atoms with E-state index in [2.05, 4.69) is 20.8 Å². The average Bonchev–Trinajstić information content (AvgIpc) is 3.03. The Balaban J connectivity index is 4.07. The summed E-state index contributed by atoms with van der Waals surface area (Å²) in [6.45, 7) is 15.9. The minimum Gasteiger partial charge on any atom is -0.465 e. The molecule has 0 spiro atoms. The van der Waals surface area contributed by atoms with Gasteiger partial charge in [-0.3, -0.25) is 9.59 Å². The SMILES string of the molecule is CCCCCCCCCOC(=O)C(C)(C)CCCCCC(O)CCCCCC(C)(C)C(=O)OCC(CCCCC)CCCCCCC. The number of carbonyl (C=O) groups is 2. The van der Waals surface area contributed by atoms with Gasteiger partial charge in [0, 0.05) is 0 Å². The number of aliphatic hydroxyl groups excluding tert-OH is 1. The van der Waals surface area contributed by atoms with Crippen molar-refractivity contribution in [2.75, 3.05) is 13.2 Å². The first-order chi connectivity index (χ1) is 22.5. The maximum absolute atomic E-state index is 13.0. The Morgan fingerprint density at radius 1 is 0.489 bits per heavy atom. The molecule has 5 nitrogen and oxygen atoms in total. The molecule has 0 aromatic heterocycles. The fourth-order valence-electron chi connectivity index (χ4n) is 6.43. The molecule has 0 saturated carbocycles. The number of aliphatic hydroxyl groups is 1. The molecule has 47 heavy (non-hydrogen) atoms. The minimum atomic E-state index is -0.457. The molecule has 0 saturated heterocycles. The van der Waals surface area contributed by atoms with Gasteiger partial charge in [-0.05, 0) is 78.6 Å². The van der Waals surface area contributed by atoms with Crippen LogP contribution in [0.3, 0.4) is 0 Å². The van der Waals surface area contributed by atoms with Gasteiger partial charge in [0.25, 0.3) is 0 Å². The van der Waals surface area contributed by atoms with E-state index in [0.717, 1.165) is 77.0 Å². The summed E-state index contributed by atoms with van der Waals surface area (Å²) in [4.78, 5) is 25.5. The van der Waals surface area contributed by atoms with Gasteiger partial charge in [-0.15, -0.1) is 0 Å². The zero-order valence-electron chi connectivity index (χ0n) is 32.7. The quantitative estimate of drug-likeness (QED) is 0.0546. The molecular weight excluding hydrogens is 584 g/mol. The highest BCUT2D eigenvalue weighted by Gasteiger charge is 2.30. The van der Waals surface area contributed by atoms with E-state index in [0.29, 0.717) is 19.1 Å². The number of unbranched alkanes of at least 4 members (excludes halogenated alkanes) is 16. The summed E-state index contributed by atoms with van der Waals surface area (Å²) in [6.07, 6.45) is 30.1. The van der Waals surface area contributed by atoms with E-state index in [9.17, 15) is 14.7 Å². The van der Waals surface area contributed by atoms with Gasteiger partial charge in [-0.2, -0.15) is 0 Å². The Kier molecular flexibility index (Phi) is 29.1. The van der Waals surface area contributed by atoms with Gasteiger partial charge in [0.15, 0.2) is 0 Å². The van der Waals surface area contributed by atoms with Crippen LogP contribution in [0.5, 0.6) is 0 Å². The number of carbonyl (C=O) groups excluding carboxylic acids is 2. The first-order valence-electron chi connectivity index (χ1n) is 20.5. The average molecular weight is 667 g/mol. The van der Waals surface area contributed by atoms with E-state index in [-0.39, 0.29) is 18.0 Å². The molecular formula is C42H82O5. The van der Waals surface area contributed by atoms with Gasteiger partial charge in [0.2, 0.25) is 0 Å². The molecule has 2 atom stereocenters. The summed E-state index contributed by atoms with van der Waals surface area (Å²) in [7, 11) is 0. The summed E-state index contributed by atoms with van der Waals surface area (Å²) in [5.74, 6) is 0.380. The van der Waals surface area contributed by atoms with Crippen molar-refractivity contribution < 1.29 is 24.2 Å². The number of rotatable bonds is 34. The van der Waals surface area contributed by atoms with Crippen LogP contribution in [0, 0.1) is 16.7 Å². The van der Waals surface area contributed by atoms with Gasteiger partial charge in [0.05, 0.1) is 30.1 Å². The largest absolute Gasteiger partial charge is 0.465 e. The van der Waals surface area contributed by atoms with Gasteiger partial charge in [-0.1, -0.05) is 149 Å². The monoisotopic (exact) mass is 667 g/mol. The molecule has 0 amide bonds. The van der Waals surface area contributed by atoms with Crippen molar-refractivity contribution in [3.8, 4) is 0 Å². The van der Waals surface area contributed by atoms with Crippen LogP contribution in [-0.4, -0.2) is 36.4 Å². The first kappa shape index (κ1) is 45.9. The molecule has 0 aliphatic carbocycles. The van der Waals surface area contributed by atoms with Crippen LogP contribution in [0.25, 0.3) is 0 Å². The summed E-state index contributed by atoms with van der Waals surface area (Å²) >= 11 is 0. The first-order valence-corrected chi connectivity index (χ1v) is 20.5. The maximum atomic E-state index is 13.0. The van der Waals surface area contributed by atoms with E-state index in [1.54, 1.807) is 0 Å². The van der Waals surface area contributed by atoms with E-state index >= 15 is 0 Å². The minimum absolute atomic E-state index is 0.0476. The number of hydrogen-bond donors (Lipinski definition) is 1. The van der Waals surface area contributed by atoms with Gasteiger partial charge >= 0.3 is 11.9 Å². The molecule has 0 aromatic carbocycles. The van der Waals surface area contributed by atoms with Crippen molar-refractivity contribution >= 4 is 11.9 Å². The van der Waals surface area contributed by atoms with Gasteiger partial charge < -0.3 is 14.6 Å². The van der Waals surface area contributed by atoms with Crippen molar-refractivity contribution in [3.63, 3.8) is 0 Å². The third-order valence-corrected chi connectivity index (χ3v) is 10.1. The molecule has 0 aliphatic rings. The van der Waals surface area contributed by atoms with Crippen LogP contribution in [0.2, 0.25) is 0 Å². The molecule has 0 aliphatic heterocycles. The second-order valence-electron chi connectivity index (χ2n) is 16.0. The van der Waals surface area contributed by atoms with Crippen LogP contribution in [0.1, 0.15) is 222 Å². The summed E-state index contributed by atoms with van der Waals surface area (Å²) in [5, 5.41) is 10.5. The van der Waals surface area contributed by atoms with Crippen molar-refractivity contribution in [1.29, 1.82) is 0 Å². The molecule has 0 aromatic rings. The van der Waals surface area contributed by atoms with Crippen molar-refractivity contribution in [2.45, 2.75) is 228 Å². The highest BCUT2D eigenvalue weighted by atomic mass is 16.5. The molecule has 0 bridgehead atoms. The van der Waals surface area contributed by atoms with E-state index < -0.39 is 10.8 Å². The van der Waals surface area contributed by atoms with Crippen LogP contribution >= 0.6 is 0 Å². The van der Waals surface area contributed by atoms with Crippen LogP contribution in [-0.2, 0) is 19.1 Å². The molecule has 0 radical (unpaired) electrons. The van der Waals surface area contributed by atoms with E-state index in [4.69, 9.17) is 9.47 Å². The van der Waals surface area contributed by atoms with Crippen molar-refractivity contribution in [3.05, 3.63) is 0 Å². The molecule has 2 unspecified atom stereocenters. The van der Waals surface area contributed by atoms with Crippen LogP contribution in [0.4, 0.5) is 0 Å². The number of esters is 2. The van der Waals surface area contributed by atoms with Gasteiger partial charge in [-0.25, -0.2) is 0 Å². The second kappa shape index (κ2) is 29.8. The predicted octanol–water partition coefficient (Wildman–Crippen LogP) is 12.7. The Labute approximate surface area is 293 Å². The van der Waals surface area contributed by atoms with E-state index in [1.807, 2.05) is 27.7 Å². The number of hydrogen-bond acceptors (Lipinski definition) is 5. The predicted molar refractivity (Wildman–Crippen MR) is 201 cm³/mol.